The van der Waals surface area contributed by atoms with Gasteiger partial charge in [-0.3, -0.25) is 0 Å². The zero-order valence-electron chi connectivity index (χ0n) is 6.58. The molecule has 4 nitrogen and oxygen atoms in total. The molecule has 0 saturated heterocycles. The Bertz CT molecular complexity index is 410. The first-order chi connectivity index (χ1) is 6.24. The second-order valence-corrected chi connectivity index (χ2v) is 2.43. The highest BCUT2D eigenvalue weighted by Gasteiger charge is 1.99. The standard InChI is InChI=1S/C8H5ClN4/c9-8-6(3-1-2-4-10)12-5-7(11)13-8/h5H,2H2,(H2,11,13). The zero-order valence-corrected chi connectivity index (χ0v) is 7.34. The van der Waals surface area contributed by atoms with Crippen molar-refractivity contribution >= 4 is 17.4 Å². The summed E-state index contributed by atoms with van der Waals surface area (Å²) in [6.45, 7) is 0. The third-order valence-corrected chi connectivity index (χ3v) is 1.39. The maximum absolute atomic E-state index is 8.22. The van der Waals surface area contributed by atoms with Gasteiger partial charge in [0.15, 0.2) is 10.8 Å². The number of nitrogens with zero attached hydrogens (tertiary/aromatic N) is 3. The third-order valence-electron chi connectivity index (χ3n) is 1.12. The number of hydrogen-bond acceptors (Lipinski definition) is 4. The summed E-state index contributed by atoms with van der Waals surface area (Å²) in [6, 6.07) is 1.88. The monoisotopic (exact) mass is 192 g/mol. The molecule has 0 atom stereocenters. The highest BCUT2D eigenvalue weighted by molar-refractivity contribution is 6.30. The molecule has 2 N–H and O–H groups in total. The van der Waals surface area contributed by atoms with Crippen molar-refractivity contribution in [3.8, 4) is 17.9 Å². The average molecular weight is 193 g/mol. The van der Waals surface area contributed by atoms with E-state index in [2.05, 4.69) is 21.8 Å². The lowest BCUT2D eigenvalue weighted by molar-refractivity contribution is 1.18. The molecule has 1 rings (SSSR count). The van der Waals surface area contributed by atoms with Crippen LogP contribution < -0.4 is 5.73 Å². The van der Waals surface area contributed by atoms with Crippen LogP contribution in [-0.4, -0.2) is 9.97 Å². The molecule has 0 aliphatic carbocycles. The van der Waals surface area contributed by atoms with Gasteiger partial charge in [-0.05, 0) is 5.92 Å². The number of rotatable bonds is 0. The minimum atomic E-state index is 0.141. The van der Waals surface area contributed by atoms with Gasteiger partial charge in [0.05, 0.1) is 18.7 Å². The van der Waals surface area contributed by atoms with Crippen LogP contribution in [0.15, 0.2) is 6.20 Å². The van der Waals surface area contributed by atoms with Crippen LogP contribution in [0.4, 0.5) is 5.82 Å². The first-order valence-electron chi connectivity index (χ1n) is 3.38. The average Bonchev–Trinajstić information content (AvgIpc) is 2.09. The van der Waals surface area contributed by atoms with Crippen molar-refractivity contribution in [1.29, 1.82) is 5.26 Å². The lowest BCUT2D eigenvalue weighted by Crippen LogP contribution is -1.94. The summed E-state index contributed by atoms with van der Waals surface area (Å²) < 4.78 is 0. The fourth-order valence-electron chi connectivity index (χ4n) is 0.630. The predicted molar refractivity (Wildman–Crippen MR) is 48.6 cm³/mol. The predicted octanol–water partition coefficient (Wildman–Crippen LogP) is 0.977. The Labute approximate surface area is 80.4 Å². The van der Waals surface area contributed by atoms with Crippen molar-refractivity contribution in [2.75, 3.05) is 5.73 Å². The maximum atomic E-state index is 8.22. The van der Waals surface area contributed by atoms with Crippen LogP contribution >= 0.6 is 11.6 Å². The van der Waals surface area contributed by atoms with Crippen LogP contribution in [-0.2, 0) is 0 Å². The van der Waals surface area contributed by atoms with E-state index in [-0.39, 0.29) is 17.4 Å². The van der Waals surface area contributed by atoms with E-state index in [9.17, 15) is 0 Å². The van der Waals surface area contributed by atoms with Gasteiger partial charge in [0, 0.05) is 0 Å². The zero-order chi connectivity index (χ0) is 9.68. The van der Waals surface area contributed by atoms with Crippen LogP contribution in [0.5, 0.6) is 0 Å². The van der Waals surface area contributed by atoms with Crippen molar-refractivity contribution in [2.45, 2.75) is 6.42 Å². The second-order valence-electron chi connectivity index (χ2n) is 2.07. The number of hydrogen-bond donors (Lipinski definition) is 1. The summed E-state index contributed by atoms with van der Waals surface area (Å²) in [4.78, 5) is 7.59. The first-order valence-corrected chi connectivity index (χ1v) is 3.75. The molecule has 0 aliphatic rings. The van der Waals surface area contributed by atoms with Crippen molar-refractivity contribution in [3.05, 3.63) is 17.0 Å². The molecular formula is C8H5ClN4. The fraction of sp³-hybridized carbons (Fsp3) is 0.125. The van der Waals surface area contributed by atoms with E-state index in [1.807, 2.05) is 6.07 Å². The molecule has 5 heteroatoms. The summed E-state index contributed by atoms with van der Waals surface area (Å²) >= 11 is 5.67. The summed E-state index contributed by atoms with van der Waals surface area (Å²) in [7, 11) is 0. The molecule has 0 radical (unpaired) electrons. The molecule has 1 aromatic rings. The molecule has 0 aliphatic heterocycles. The number of aromatic nitrogens is 2. The number of anilines is 1. The summed E-state index contributed by atoms with van der Waals surface area (Å²) in [6.07, 6.45) is 1.50. The van der Waals surface area contributed by atoms with Crippen LogP contribution in [0.1, 0.15) is 12.1 Å². The summed E-state index contributed by atoms with van der Waals surface area (Å²) in [5, 5.41) is 8.37. The molecule has 0 spiro atoms. The van der Waals surface area contributed by atoms with Gasteiger partial charge in [0.1, 0.15) is 5.82 Å². The van der Waals surface area contributed by atoms with Gasteiger partial charge in [-0.2, -0.15) is 5.26 Å². The molecule has 64 valence electrons. The Morgan fingerprint density at radius 3 is 3.00 bits per heavy atom. The first kappa shape index (κ1) is 9.31. The van der Waals surface area contributed by atoms with E-state index < -0.39 is 0 Å². The van der Waals surface area contributed by atoms with Gasteiger partial charge in [-0.25, -0.2) is 9.97 Å². The Hall–Kier alpha value is -1.78. The molecule has 0 unspecified atom stereocenters. The van der Waals surface area contributed by atoms with E-state index >= 15 is 0 Å². The van der Waals surface area contributed by atoms with E-state index in [0.717, 1.165) is 0 Å². The van der Waals surface area contributed by atoms with E-state index in [0.29, 0.717) is 5.69 Å². The summed E-state index contributed by atoms with van der Waals surface area (Å²) in [5.74, 6) is 5.43. The largest absolute Gasteiger partial charge is 0.382 e. The Kier molecular flexibility index (Phi) is 3.08. The van der Waals surface area contributed by atoms with E-state index in [4.69, 9.17) is 22.6 Å². The van der Waals surface area contributed by atoms with E-state index in [1.54, 1.807) is 0 Å². The number of nitrogens with two attached hydrogens (primary N) is 1. The van der Waals surface area contributed by atoms with Crippen LogP contribution in [0, 0.1) is 23.2 Å². The molecule has 0 saturated carbocycles. The maximum Gasteiger partial charge on any atom is 0.165 e. The molecule has 0 fully saturated rings. The molecule has 0 amide bonds. The smallest absolute Gasteiger partial charge is 0.165 e. The quantitative estimate of drug-likeness (QED) is 0.622. The van der Waals surface area contributed by atoms with Gasteiger partial charge in [0.25, 0.3) is 0 Å². The third kappa shape index (κ3) is 2.62. The van der Waals surface area contributed by atoms with Gasteiger partial charge >= 0.3 is 0 Å². The van der Waals surface area contributed by atoms with Crippen LogP contribution in [0.25, 0.3) is 0 Å². The van der Waals surface area contributed by atoms with Gasteiger partial charge in [-0.15, -0.1) is 0 Å². The van der Waals surface area contributed by atoms with Gasteiger partial charge < -0.3 is 5.73 Å². The molecule has 1 aromatic heterocycles. The van der Waals surface area contributed by atoms with Crippen molar-refractivity contribution < 1.29 is 0 Å². The lowest BCUT2D eigenvalue weighted by Gasteiger charge is -1.94. The lowest BCUT2D eigenvalue weighted by atomic mass is 10.4. The topological polar surface area (TPSA) is 75.6 Å². The normalized spacial score (nSPS) is 8.31. The molecule has 13 heavy (non-hydrogen) atoms. The molecular weight excluding hydrogens is 188 g/mol. The highest BCUT2D eigenvalue weighted by Crippen LogP contribution is 2.09. The summed E-state index contributed by atoms with van der Waals surface area (Å²) in [5.41, 5.74) is 5.66. The Balaban J connectivity index is 2.93. The molecule has 0 aromatic carbocycles. The fourth-order valence-corrected chi connectivity index (χ4v) is 0.824. The molecule has 1 heterocycles. The minimum Gasteiger partial charge on any atom is -0.382 e. The van der Waals surface area contributed by atoms with Gasteiger partial charge in [0.2, 0.25) is 0 Å². The SMILES string of the molecule is N#CCC#Cc1ncc(N)nc1Cl. The van der Waals surface area contributed by atoms with Gasteiger partial charge in [-0.1, -0.05) is 17.5 Å². The number of halogens is 1. The Morgan fingerprint density at radius 1 is 1.62 bits per heavy atom. The highest BCUT2D eigenvalue weighted by atomic mass is 35.5. The number of nitrogen functional groups attached to an aromatic ring is 1. The minimum absolute atomic E-state index is 0.141. The second kappa shape index (κ2) is 4.30. The van der Waals surface area contributed by atoms with E-state index in [1.165, 1.54) is 6.20 Å². The van der Waals surface area contributed by atoms with Crippen molar-refractivity contribution in [3.63, 3.8) is 0 Å². The Morgan fingerprint density at radius 2 is 2.38 bits per heavy atom. The molecule has 0 bridgehead atoms. The van der Waals surface area contributed by atoms with Crippen molar-refractivity contribution in [2.24, 2.45) is 0 Å². The number of nitriles is 1. The van der Waals surface area contributed by atoms with Crippen molar-refractivity contribution in [1.82, 2.24) is 9.97 Å². The van der Waals surface area contributed by atoms with Crippen LogP contribution in [0.2, 0.25) is 5.15 Å². The van der Waals surface area contributed by atoms with Crippen LogP contribution in [0.3, 0.4) is 0 Å².